The number of anilines is 2. The van der Waals surface area contributed by atoms with Crippen LogP contribution >= 0.6 is 22.9 Å². The zero-order valence-corrected chi connectivity index (χ0v) is 26.1. The highest BCUT2D eigenvalue weighted by Gasteiger charge is 2.50. The van der Waals surface area contributed by atoms with E-state index in [1.807, 2.05) is 6.07 Å². The Morgan fingerprint density at radius 1 is 1.23 bits per heavy atom. The van der Waals surface area contributed by atoms with Crippen molar-refractivity contribution >= 4 is 54.7 Å². The number of halogens is 6. The van der Waals surface area contributed by atoms with E-state index in [2.05, 4.69) is 14.9 Å². The topological polar surface area (TPSA) is 110 Å². The van der Waals surface area contributed by atoms with Crippen LogP contribution in [0.4, 0.5) is 32.8 Å². The molecule has 0 amide bonds. The number of thiophene rings is 1. The van der Waals surface area contributed by atoms with E-state index in [1.54, 1.807) is 4.90 Å². The van der Waals surface area contributed by atoms with E-state index in [0.29, 0.717) is 13.0 Å². The summed E-state index contributed by atoms with van der Waals surface area (Å²) in [5, 5.41) is 9.89. The first-order valence-corrected chi connectivity index (χ1v) is 16.3. The zero-order valence-electron chi connectivity index (χ0n) is 24.5. The van der Waals surface area contributed by atoms with E-state index >= 15 is 4.39 Å². The van der Waals surface area contributed by atoms with E-state index in [9.17, 15) is 22.8 Å². The quantitative estimate of drug-likeness (QED) is 0.229. The van der Waals surface area contributed by atoms with Crippen molar-refractivity contribution in [3.63, 3.8) is 0 Å². The van der Waals surface area contributed by atoms with Gasteiger partial charge in [0.1, 0.15) is 47.6 Å². The van der Waals surface area contributed by atoms with Gasteiger partial charge in [-0.15, -0.1) is 11.3 Å². The largest absolute Gasteiger partial charge is 0.489 e. The van der Waals surface area contributed by atoms with E-state index in [0.717, 1.165) is 30.4 Å². The van der Waals surface area contributed by atoms with Crippen LogP contribution in [-0.4, -0.2) is 78.2 Å². The fourth-order valence-corrected chi connectivity index (χ4v) is 9.06. The minimum atomic E-state index is -3.03. The van der Waals surface area contributed by atoms with Crippen LogP contribution in [0.15, 0.2) is 12.1 Å². The number of benzene rings is 2. The number of nitrogen functional groups attached to an aromatic ring is 1. The maximum atomic E-state index is 17.0. The van der Waals surface area contributed by atoms with Crippen molar-refractivity contribution in [3.8, 4) is 29.0 Å². The van der Waals surface area contributed by atoms with Crippen LogP contribution in [0.1, 0.15) is 31.2 Å². The third-order valence-corrected chi connectivity index (χ3v) is 11.2. The van der Waals surface area contributed by atoms with Crippen molar-refractivity contribution in [2.45, 2.75) is 56.2 Å². The fraction of sp³-hybridized carbons (Fsp3) is 0.452. The molecule has 2 aromatic carbocycles. The van der Waals surface area contributed by atoms with E-state index in [-0.39, 0.29) is 97.9 Å². The monoisotopic (exact) mass is 692 g/mol. The Bertz CT molecular complexity index is 1990. The van der Waals surface area contributed by atoms with Crippen LogP contribution in [0.25, 0.3) is 32.1 Å². The summed E-state index contributed by atoms with van der Waals surface area (Å²) in [6, 6.07) is 3.46. The molecule has 2 aromatic heterocycles. The van der Waals surface area contributed by atoms with Gasteiger partial charge in [0.05, 0.1) is 38.4 Å². The summed E-state index contributed by atoms with van der Waals surface area (Å²) in [5.41, 5.74) is 5.08. The van der Waals surface area contributed by atoms with Gasteiger partial charge in [-0.25, -0.2) is 13.2 Å². The molecule has 3 saturated heterocycles. The summed E-state index contributed by atoms with van der Waals surface area (Å²) in [6.45, 7) is -1.87. The lowest BCUT2D eigenvalue weighted by atomic mass is 9.95. The molecule has 3 fully saturated rings. The number of nitrogens with zero attached hydrogens (tertiary/aromatic N) is 5. The lowest BCUT2D eigenvalue weighted by Crippen LogP contribution is -2.43. The Hall–Kier alpha value is -3.71. The molecular weight excluding hydrogens is 667 g/mol. The van der Waals surface area contributed by atoms with Crippen molar-refractivity contribution in [1.29, 1.82) is 5.26 Å². The Labute approximate surface area is 273 Å². The van der Waals surface area contributed by atoms with Gasteiger partial charge < -0.3 is 24.8 Å². The summed E-state index contributed by atoms with van der Waals surface area (Å²) in [6.07, 6.45) is 0.165. The number of nitriles is 1. The summed E-state index contributed by atoms with van der Waals surface area (Å²) >= 11 is 7.77. The van der Waals surface area contributed by atoms with Gasteiger partial charge in [-0.05, 0) is 37.4 Å². The number of nitrogens with two attached hydrogens (primary N) is 1. The fourth-order valence-electron chi connectivity index (χ4n) is 7.78. The Morgan fingerprint density at radius 2 is 2.06 bits per heavy atom. The summed E-state index contributed by atoms with van der Waals surface area (Å²) < 4.78 is 90.4. The van der Waals surface area contributed by atoms with Crippen LogP contribution in [0.5, 0.6) is 11.8 Å². The molecule has 246 valence electrons. The zero-order chi connectivity index (χ0) is 32.8. The molecule has 0 radical (unpaired) electrons. The first-order valence-electron chi connectivity index (χ1n) is 15.1. The molecule has 4 aliphatic rings. The molecule has 9 nitrogen and oxygen atoms in total. The Balaban J connectivity index is 1.33. The maximum Gasteiger partial charge on any atom is 0.345 e. The Kier molecular flexibility index (Phi) is 7.28. The molecule has 16 heteroatoms. The van der Waals surface area contributed by atoms with Crippen molar-refractivity contribution in [2.24, 2.45) is 0 Å². The number of alkyl halides is 3. The van der Waals surface area contributed by atoms with Gasteiger partial charge >= 0.3 is 12.6 Å². The van der Waals surface area contributed by atoms with Gasteiger partial charge in [0.15, 0.2) is 11.6 Å². The predicted molar refractivity (Wildman–Crippen MR) is 165 cm³/mol. The second-order valence-electron chi connectivity index (χ2n) is 12.3. The van der Waals surface area contributed by atoms with Crippen molar-refractivity contribution in [2.75, 3.05) is 43.5 Å². The number of aromatic nitrogens is 2. The van der Waals surface area contributed by atoms with Crippen LogP contribution in [0.2, 0.25) is 5.02 Å². The van der Waals surface area contributed by atoms with Gasteiger partial charge in [-0.3, -0.25) is 4.90 Å². The molecule has 4 aliphatic heterocycles. The highest BCUT2D eigenvalue weighted by atomic mass is 35.5. The van der Waals surface area contributed by atoms with E-state index < -0.39 is 42.1 Å². The maximum absolute atomic E-state index is 17.0. The Morgan fingerprint density at radius 3 is 2.85 bits per heavy atom. The predicted octanol–water partition coefficient (Wildman–Crippen LogP) is 6.43. The van der Waals surface area contributed by atoms with Crippen molar-refractivity contribution < 1.29 is 36.2 Å². The molecule has 0 spiro atoms. The normalized spacial score (nSPS) is 25.3. The minimum Gasteiger partial charge on any atom is -0.489 e. The highest BCUT2D eigenvalue weighted by Crippen LogP contribution is 2.52. The first-order chi connectivity index (χ1) is 22.6. The third-order valence-electron chi connectivity index (χ3n) is 9.80. The van der Waals surface area contributed by atoms with Crippen molar-refractivity contribution in [1.82, 2.24) is 14.9 Å². The lowest BCUT2D eigenvalue weighted by molar-refractivity contribution is -0.164. The van der Waals surface area contributed by atoms with Crippen LogP contribution in [-0.2, 0) is 4.74 Å². The minimum absolute atomic E-state index is 0.0133. The lowest BCUT2D eigenvalue weighted by Gasteiger charge is -2.31. The van der Waals surface area contributed by atoms with E-state index in [1.165, 1.54) is 6.07 Å². The molecule has 8 rings (SSSR count). The number of hydrogen-bond donors (Lipinski definition) is 1. The van der Waals surface area contributed by atoms with E-state index in [4.69, 9.17) is 31.5 Å². The first kappa shape index (κ1) is 30.6. The van der Waals surface area contributed by atoms with Gasteiger partial charge in [-0.2, -0.15) is 24.0 Å². The second kappa shape index (κ2) is 11.2. The van der Waals surface area contributed by atoms with Crippen LogP contribution in [0, 0.1) is 23.0 Å². The molecule has 47 heavy (non-hydrogen) atoms. The average molecular weight is 693 g/mol. The molecule has 0 saturated carbocycles. The van der Waals surface area contributed by atoms with Crippen LogP contribution in [0.3, 0.4) is 0 Å². The van der Waals surface area contributed by atoms with Crippen LogP contribution < -0.4 is 20.1 Å². The molecular formula is C31H26ClF5N6O3S. The standard InChI is InChI=1S/C31H26ClF5N6O3S/c32-22-20(14-2-3-16(34)26-19(14)15(9-38)27(39)47-26)23(35)24-21-25(22)44-11-17-18(46-29(36)37)4-7-43(17)28(21)41-30(40-24)45-12-31-5-1-6-42(31)10-13(33)8-31/h2-3,13,17-18,29H,1,4-8,10-12,39H2/t13-,17?,18?,31+/m1/s1. The van der Waals surface area contributed by atoms with Gasteiger partial charge in [0.2, 0.25) is 0 Å². The second-order valence-corrected chi connectivity index (χ2v) is 13.7. The highest BCUT2D eigenvalue weighted by molar-refractivity contribution is 7.23. The number of ether oxygens (including phenoxy) is 3. The molecule has 4 aromatic rings. The average Bonchev–Trinajstić information content (AvgIpc) is 3.75. The smallest absolute Gasteiger partial charge is 0.345 e. The summed E-state index contributed by atoms with van der Waals surface area (Å²) in [7, 11) is 0. The van der Waals surface area contributed by atoms with Crippen molar-refractivity contribution in [3.05, 3.63) is 34.4 Å². The third kappa shape index (κ3) is 4.67. The van der Waals surface area contributed by atoms with Gasteiger partial charge in [-0.1, -0.05) is 17.7 Å². The number of fused-ring (bicyclic) bond motifs is 4. The molecule has 6 heterocycles. The number of rotatable bonds is 6. The molecule has 4 atom stereocenters. The molecule has 2 N–H and O–H groups in total. The number of hydrogen-bond acceptors (Lipinski definition) is 10. The van der Waals surface area contributed by atoms with Gasteiger partial charge in [0, 0.05) is 30.5 Å². The summed E-state index contributed by atoms with van der Waals surface area (Å²) in [5.74, 6) is -1.42. The molecule has 0 aliphatic carbocycles. The summed E-state index contributed by atoms with van der Waals surface area (Å²) in [4.78, 5) is 12.9. The van der Waals surface area contributed by atoms with Gasteiger partial charge in [0.25, 0.3) is 0 Å². The molecule has 0 bridgehead atoms. The SMILES string of the molecule is N#Cc1c(N)sc2c(F)ccc(-c3c(Cl)c4c5c(nc(OC[C@@]67CCCN6C[C@H](F)C7)nc5c3F)N3CCC(OC(F)F)C3CO4)c12. The molecule has 2 unspecified atom stereocenters.